The van der Waals surface area contributed by atoms with Gasteiger partial charge in [0.25, 0.3) is 0 Å². The first kappa shape index (κ1) is 13.5. The highest BCUT2D eigenvalue weighted by Crippen LogP contribution is 2.23. The minimum atomic E-state index is -0.411. The van der Waals surface area contributed by atoms with Crippen LogP contribution in [0.25, 0.3) is 0 Å². The second-order valence-corrected chi connectivity index (χ2v) is 5.48. The average Bonchev–Trinajstić information content (AvgIpc) is 2.81. The van der Waals surface area contributed by atoms with Crippen molar-refractivity contribution in [2.75, 3.05) is 0 Å². The lowest BCUT2D eigenvalue weighted by Crippen LogP contribution is -2.00. The second kappa shape index (κ2) is 5.80. The maximum Gasteiger partial charge on any atom is 0.141 e. The molecule has 2 rings (SSSR count). The quantitative estimate of drug-likeness (QED) is 0.793. The Balaban J connectivity index is 2.13. The lowest BCUT2D eigenvalue weighted by Gasteiger charge is -2.02. The molecule has 1 aromatic carbocycles. The fourth-order valence-electron chi connectivity index (χ4n) is 1.57. The predicted octanol–water partition coefficient (Wildman–Crippen LogP) is 3.96. The van der Waals surface area contributed by atoms with E-state index in [1.54, 1.807) is 16.8 Å². The first-order valence-corrected chi connectivity index (χ1v) is 6.87. The Morgan fingerprint density at radius 2 is 2.28 bits per heavy atom. The maximum absolute atomic E-state index is 13.0. The van der Waals surface area contributed by atoms with E-state index in [4.69, 9.17) is 11.6 Å². The van der Waals surface area contributed by atoms with Gasteiger partial charge >= 0.3 is 0 Å². The summed E-state index contributed by atoms with van der Waals surface area (Å²) < 4.78 is 14.7. The zero-order valence-electron chi connectivity index (χ0n) is 9.78. The lowest BCUT2D eigenvalue weighted by atomic mass is 10.2. The molecule has 0 radical (unpaired) electrons. The molecule has 1 atom stereocenters. The average molecular weight is 333 g/mol. The van der Waals surface area contributed by atoms with Gasteiger partial charge in [0.15, 0.2) is 0 Å². The standard InChI is InChI=1S/C12H12BrClFN3/c1-2-9(13)12-7-18(17-16-12)6-8-3-4-11(15)10(14)5-8/h3-5,7,9H,2,6H2,1H3. The molecule has 0 aliphatic rings. The molecule has 0 spiro atoms. The highest BCUT2D eigenvalue weighted by atomic mass is 79.9. The Morgan fingerprint density at radius 3 is 2.94 bits per heavy atom. The third-order valence-electron chi connectivity index (χ3n) is 2.56. The molecule has 0 aliphatic carbocycles. The summed E-state index contributed by atoms with van der Waals surface area (Å²) in [5, 5.41) is 8.24. The third-order valence-corrected chi connectivity index (χ3v) is 3.97. The van der Waals surface area contributed by atoms with Gasteiger partial charge in [-0.3, -0.25) is 0 Å². The molecule has 6 heteroatoms. The molecule has 1 unspecified atom stereocenters. The van der Waals surface area contributed by atoms with Crippen molar-refractivity contribution >= 4 is 27.5 Å². The minimum absolute atomic E-state index is 0.125. The fraction of sp³-hybridized carbons (Fsp3) is 0.333. The van der Waals surface area contributed by atoms with Crippen molar-refractivity contribution in [2.24, 2.45) is 0 Å². The zero-order chi connectivity index (χ0) is 13.1. The first-order valence-electron chi connectivity index (χ1n) is 5.58. The number of benzene rings is 1. The summed E-state index contributed by atoms with van der Waals surface area (Å²) in [6, 6.07) is 4.65. The fourth-order valence-corrected chi connectivity index (χ4v) is 1.98. The van der Waals surface area contributed by atoms with Crippen LogP contribution in [0, 0.1) is 5.82 Å². The van der Waals surface area contributed by atoms with E-state index in [0.717, 1.165) is 17.7 Å². The van der Waals surface area contributed by atoms with E-state index < -0.39 is 5.82 Å². The van der Waals surface area contributed by atoms with Crippen LogP contribution in [0.5, 0.6) is 0 Å². The summed E-state index contributed by atoms with van der Waals surface area (Å²) in [6.45, 7) is 2.59. The molecule has 0 bridgehead atoms. The molecule has 96 valence electrons. The number of alkyl halides is 1. The van der Waals surface area contributed by atoms with Gasteiger partial charge in [-0.25, -0.2) is 9.07 Å². The number of hydrogen-bond acceptors (Lipinski definition) is 2. The predicted molar refractivity (Wildman–Crippen MR) is 72.5 cm³/mol. The van der Waals surface area contributed by atoms with E-state index in [-0.39, 0.29) is 9.85 Å². The molecule has 0 N–H and O–H groups in total. The van der Waals surface area contributed by atoms with Crippen molar-refractivity contribution in [3.63, 3.8) is 0 Å². The van der Waals surface area contributed by atoms with Gasteiger partial charge in [0.05, 0.1) is 22.1 Å². The van der Waals surface area contributed by atoms with Gasteiger partial charge in [0.1, 0.15) is 5.82 Å². The summed E-state index contributed by atoms with van der Waals surface area (Å²) in [4.78, 5) is 0.211. The van der Waals surface area contributed by atoms with Crippen LogP contribution in [0.4, 0.5) is 4.39 Å². The first-order chi connectivity index (χ1) is 8.60. The summed E-state index contributed by atoms with van der Waals surface area (Å²) in [6.07, 6.45) is 2.82. The summed E-state index contributed by atoms with van der Waals surface area (Å²) in [5.74, 6) is -0.411. The molecular weight excluding hydrogens is 321 g/mol. The van der Waals surface area contributed by atoms with E-state index in [9.17, 15) is 4.39 Å². The SMILES string of the molecule is CCC(Br)c1cn(Cc2ccc(F)c(Cl)c2)nn1. The van der Waals surface area contributed by atoms with Crippen LogP contribution in [-0.4, -0.2) is 15.0 Å². The van der Waals surface area contributed by atoms with Crippen molar-refractivity contribution in [2.45, 2.75) is 24.7 Å². The minimum Gasteiger partial charge on any atom is -0.248 e. The van der Waals surface area contributed by atoms with E-state index in [2.05, 4.69) is 33.2 Å². The summed E-state index contributed by atoms with van der Waals surface area (Å²) in [7, 11) is 0. The molecule has 0 aliphatic heterocycles. The van der Waals surface area contributed by atoms with Crippen molar-refractivity contribution in [1.29, 1.82) is 0 Å². The Morgan fingerprint density at radius 1 is 1.50 bits per heavy atom. The summed E-state index contributed by atoms with van der Waals surface area (Å²) >= 11 is 9.25. The summed E-state index contributed by atoms with van der Waals surface area (Å²) in [5.41, 5.74) is 1.78. The van der Waals surface area contributed by atoms with Crippen molar-refractivity contribution in [3.8, 4) is 0 Å². The van der Waals surface area contributed by atoms with Crippen LogP contribution in [0.15, 0.2) is 24.4 Å². The molecule has 18 heavy (non-hydrogen) atoms. The van der Waals surface area contributed by atoms with Crippen molar-refractivity contribution in [1.82, 2.24) is 15.0 Å². The van der Waals surface area contributed by atoms with Gasteiger partial charge in [-0.15, -0.1) is 5.10 Å². The van der Waals surface area contributed by atoms with E-state index in [1.165, 1.54) is 6.07 Å². The van der Waals surface area contributed by atoms with Crippen LogP contribution in [0.2, 0.25) is 5.02 Å². The van der Waals surface area contributed by atoms with Gasteiger partial charge < -0.3 is 0 Å². The number of hydrogen-bond donors (Lipinski definition) is 0. The zero-order valence-corrected chi connectivity index (χ0v) is 12.1. The van der Waals surface area contributed by atoms with Gasteiger partial charge in [-0.1, -0.05) is 45.7 Å². The van der Waals surface area contributed by atoms with Crippen LogP contribution in [-0.2, 0) is 6.54 Å². The normalized spacial score (nSPS) is 12.7. The molecule has 0 saturated heterocycles. The lowest BCUT2D eigenvalue weighted by molar-refractivity contribution is 0.622. The van der Waals surface area contributed by atoms with Crippen LogP contribution >= 0.6 is 27.5 Å². The largest absolute Gasteiger partial charge is 0.248 e. The van der Waals surface area contributed by atoms with Gasteiger partial charge in [0, 0.05) is 6.20 Å². The van der Waals surface area contributed by atoms with Crippen LogP contribution < -0.4 is 0 Å². The third kappa shape index (κ3) is 3.09. The van der Waals surface area contributed by atoms with Crippen molar-refractivity contribution < 1.29 is 4.39 Å². The highest BCUT2D eigenvalue weighted by Gasteiger charge is 2.10. The number of nitrogens with zero attached hydrogens (tertiary/aromatic N) is 3. The molecule has 0 amide bonds. The Kier molecular flexibility index (Phi) is 4.35. The van der Waals surface area contributed by atoms with E-state index >= 15 is 0 Å². The smallest absolute Gasteiger partial charge is 0.141 e. The van der Waals surface area contributed by atoms with Crippen LogP contribution in [0.3, 0.4) is 0 Å². The van der Waals surface area contributed by atoms with Crippen LogP contribution in [0.1, 0.15) is 29.4 Å². The number of aromatic nitrogens is 3. The Labute approximate surface area is 118 Å². The molecular formula is C12H12BrClFN3. The number of halogens is 3. The monoisotopic (exact) mass is 331 g/mol. The Bertz CT molecular complexity index is 544. The van der Waals surface area contributed by atoms with Gasteiger partial charge in [-0.05, 0) is 24.1 Å². The molecule has 0 saturated carbocycles. The molecule has 1 heterocycles. The maximum atomic E-state index is 13.0. The highest BCUT2D eigenvalue weighted by molar-refractivity contribution is 9.09. The van der Waals surface area contributed by atoms with E-state index in [1.807, 2.05) is 6.20 Å². The topological polar surface area (TPSA) is 30.7 Å². The van der Waals surface area contributed by atoms with Gasteiger partial charge in [0.2, 0.25) is 0 Å². The van der Waals surface area contributed by atoms with Crippen molar-refractivity contribution in [3.05, 3.63) is 46.5 Å². The molecule has 0 fully saturated rings. The Hall–Kier alpha value is -0.940. The second-order valence-electron chi connectivity index (χ2n) is 3.97. The molecule has 1 aromatic heterocycles. The van der Waals surface area contributed by atoms with E-state index in [0.29, 0.717) is 6.54 Å². The molecule has 2 aromatic rings. The number of rotatable bonds is 4. The van der Waals surface area contributed by atoms with Gasteiger partial charge in [-0.2, -0.15) is 0 Å². The molecule has 3 nitrogen and oxygen atoms in total.